The van der Waals surface area contributed by atoms with Crippen molar-refractivity contribution in [1.29, 1.82) is 0 Å². The highest BCUT2D eigenvalue weighted by Gasteiger charge is 2.22. The molecule has 2 rings (SSSR count). The molecule has 0 unspecified atom stereocenters. The van der Waals surface area contributed by atoms with Crippen LogP contribution < -0.4 is 5.56 Å². The number of rotatable bonds is 1. The molecule has 0 bridgehead atoms. The molecule has 0 aliphatic rings. The molecule has 1 heterocycles. The van der Waals surface area contributed by atoms with Crippen molar-refractivity contribution >= 4 is 34.2 Å². The summed E-state index contributed by atoms with van der Waals surface area (Å²) in [6.45, 7) is 5.91. The summed E-state index contributed by atoms with van der Waals surface area (Å²) in [6.07, 6.45) is 0. The average molecular weight is 407 g/mol. The van der Waals surface area contributed by atoms with Crippen molar-refractivity contribution in [3.05, 3.63) is 48.7 Å². The fourth-order valence-electron chi connectivity index (χ4n) is 1.78. The van der Waals surface area contributed by atoms with Crippen LogP contribution in [0.25, 0.3) is 11.4 Å². The van der Waals surface area contributed by atoms with Crippen LogP contribution in [0.2, 0.25) is 5.02 Å². The van der Waals surface area contributed by atoms with Gasteiger partial charge in [0.1, 0.15) is 15.2 Å². The molecular weight excluding hydrogens is 394 g/mol. The van der Waals surface area contributed by atoms with Crippen LogP contribution in [0.5, 0.6) is 0 Å². The molecule has 20 heavy (non-hydrogen) atoms. The zero-order chi connectivity index (χ0) is 15.1. The van der Waals surface area contributed by atoms with E-state index in [1.165, 1.54) is 12.1 Å². The molecule has 0 aliphatic heterocycles. The Balaban J connectivity index is 2.70. The topological polar surface area (TPSA) is 45.8 Å². The number of nitrogens with one attached hydrogen (secondary N) is 1. The first-order valence-electron chi connectivity index (χ1n) is 5.95. The molecule has 1 aromatic carbocycles. The Labute approximate surface area is 134 Å². The standard InChI is InChI=1S/C14H13ClFIN2O/c1-14(2,3)11-10(17)13(20)19-12(18-11)7-4-8(15)6-9(16)5-7/h4-6H,1-3H3,(H,18,19,20). The number of hydrogen-bond donors (Lipinski definition) is 1. The fourth-order valence-corrected chi connectivity index (χ4v) is 3.07. The van der Waals surface area contributed by atoms with Gasteiger partial charge < -0.3 is 4.98 Å². The number of aromatic amines is 1. The SMILES string of the molecule is CC(C)(C)c1nc(-c2cc(F)cc(Cl)c2)[nH]c(=O)c1I. The van der Waals surface area contributed by atoms with Crippen molar-refractivity contribution in [1.82, 2.24) is 9.97 Å². The van der Waals surface area contributed by atoms with Crippen molar-refractivity contribution < 1.29 is 4.39 Å². The van der Waals surface area contributed by atoms with Crippen molar-refractivity contribution in [2.24, 2.45) is 0 Å². The fraction of sp³-hybridized carbons (Fsp3) is 0.286. The minimum atomic E-state index is -0.467. The monoisotopic (exact) mass is 406 g/mol. The second-order valence-electron chi connectivity index (χ2n) is 5.49. The first-order chi connectivity index (χ1) is 9.18. The molecule has 0 fully saturated rings. The lowest BCUT2D eigenvalue weighted by Crippen LogP contribution is -2.24. The molecule has 0 saturated heterocycles. The van der Waals surface area contributed by atoms with Crippen molar-refractivity contribution in [2.75, 3.05) is 0 Å². The summed E-state index contributed by atoms with van der Waals surface area (Å²) in [5.41, 5.74) is 0.614. The summed E-state index contributed by atoms with van der Waals surface area (Å²) in [5, 5.41) is 0.263. The highest BCUT2D eigenvalue weighted by molar-refractivity contribution is 14.1. The molecule has 0 saturated carbocycles. The van der Waals surface area contributed by atoms with Gasteiger partial charge in [-0.1, -0.05) is 32.4 Å². The maximum Gasteiger partial charge on any atom is 0.264 e. The Hall–Kier alpha value is -0.950. The van der Waals surface area contributed by atoms with Crippen molar-refractivity contribution in [3.63, 3.8) is 0 Å². The van der Waals surface area contributed by atoms with Gasteiger partial charge in [-0.2, -0.15) is 0 Å². The van der Waals surface area contributed by atoms with E-state index in [0.29, 0.717) is 20.7 Å². The Kier molecular flexibility index (Phi) is 4.20. The number of aromatic nitrogens is 2. The number of benzene rings is 1. The number of halogens is 3. The summed E-state index contributed by atoms with van der Waals surface area (Å²) in [5.74, 6) is -0.146. The lowest BCUT2D eigenvalue weighted by atomic mass is 9.92. The summed E-state index contributed by atoms with van der Waals surface area (Å²) in [6, 6.07) is 4.08. The molecule has 1 aromatic heterocycles. The molecule has 0 amide bonds. The lowest BCUT2D eigenvalue weighted by Gasteiger charge is -2.19. The van der Waals surface area contributed by atoms with Crippen LogP contribution in [-0.4, -0.2) is 9.97 Å². The highest BCUT2D eigenvalue weighted by Crippen LogP contribution is 2.26. The van der Waals surface area contributed by atoms with Gasteiger partial charge in [0.15, 0.2) is 0 Å². The Morgan fingerprint density at radius 1 is 1.30 bits per heavy atom. The van der Waals surface area contributed by atoms with Crippen LogP contribution in [0.4, 0.5) is 4.39 Å². The zero-order valence-corrected chi connectivity index (χ0v) is 14.1. The molecular formula is C14H13ClFIN2O. The molecule has 106 valence electrons. The van der Waals surface area contributed by atoms with Gasteiger partial charge in [0.25, 0.3) is 5.56 Å². The van der Waals surface area contributed by atoms with E-state index < -0.39 is 5.82 Å². The first-order valence-corrected chi connectivity index (χ1v) is 7.41. The third-order valence-corrected chi connectivity index (χ3v) is 3.93. The minimum absolute atomic E-state index is 0.235. The van der Waals surface area contributed by atoms with Gasteiger partial charge in [0.05, 0.1) is 5.69 Å². The number of H-pyrrole nitrogens is 1. The van der Waals surface area contributed by atoms with E-state index in [2.05, 4.69) is 9.97 Å². The largest absolute Gasteiger partial charge is 0.306 e. The van der Waals surface area contributed by atoms with Crippen LogP contribution in [-0.2, 0) is 5.41 Å². The molecule has 1 N–H and O–H groups in total. The van der Waals surface area contributed by atoms with E-state index in [1.807, 2.05) is 43.4 Å². The Morgan fingerprint density at radius 3 is 2.50 bits per heavy atom. The lowest BCUT2D eigenvalue weighted by molar-refractivity contribution is 0.562. The van der Waals surface area contributed by atoms with E-state index in [0.717, 1.165) is 0 Å². The molecule has 0 spiro atoms. The smallest absolute Gasteiger partial charge is 0.264 e. The van der Waals surface area contributed by atoms with E-state index in [4.69, 9.17) is 11.6 Å². The second kappa shape index (κ2) is 5.44. The summed E-state index contributed by atoms with van der Waals surface area (Å²) in [7, 11) is 0. The van der Waals surface area contributed by atoms with Gasteiger partial charge in [0, 0.05) is 16.0 Å². The third-order valence-electron chi connectivity index (χ3n) is 2.71. The highest BCUT2D eigenvalue weighted by atomic mass is 127. The minimum Gasteiger partial charge on any atom is -0.306 e. The van der Waals surface area contributed by atoms with Crippen LogP contribution in [0.15, 0.2) is 23.0 Å². The Morgan fingerprint density at radius 2 is 1.95 bits per heavy atom. The van der Waals surface area contributed by atoms with Gasteiger partial charge in [0.2, 0.25) is 0 Å². The summed E-state index contributed by atoms with van der Waals surface area (Å²) < 4.78 is 14.0. The van der Waals surface area contributed by atoms with Crippen molar-refractivity contribution in [2.45, 2.75) is 26.2 Å². The van der Waals surface area contributed by atoms with Crippen LogP contribution in [0.3, 0.4) is 0 Å². The average Bonchev–Trinajstić information content (AvgIpc) is 2.29. The predicted octanol–water partition coefficient (Wildman–Crippen LogP) is 4.13. The summed E-state index contributed by atoms with van der Waals surface area (Å²) in [4.78, 5) is 19.1. The number of hydrogen-bond acceptors (Lipinski definition) is 2. The van der Waals surface area contributed by atoms with Crippen molar-refractivity contribution in [3.8, 4) is 11.4 Å². The second-order valence-corrected chi connectivity index (χ2v) is 7.00. The zero-order valence-electron chi connectivity index (χ0n) is 11.2. The molecule has 0 atom stereocenters. The van der Waals surface area contributed by atoms with E-state index >= 15 is 0 Å². The van der Waals surface area contributed by atoms with Crippen LogP contribution >= 0.6 is 34.2 Å². The van der Waals surface area contributed by atoms with Crippen LogP contribution in [0, 0.1) is 9.39 Å². The van der Waals surface area contributed by atoms with Crippen LogP contribution in [0.1, 0.15) is 26.5 Å². The molecule has 2 aromatic rings. The third kappa shape index (κ3) is 3.20. The maximum absolute atomic E-state index is 13.4. The summed E-state index contributed by atoms with van der Waals surface area (Å²) >= 11 is 7.81. The Bertz CT molecular complexity index is 702. The molecule has 3 nitrogen and oxygen atoms in total. The quantitative estimate of drug-likeness (QED) is 0.724. The normalized spacial score (nSPS) is 11.7. The van der Waals surface area contributed by atoms with Gasteiger partial charge >= 0.3 is 0 Å². The van der Waals surface area contributed by atoms with Gasteiger partial charge in [-0.25, -0.2) is 9.37 Å². The molecule has 0 radical (unpaired) electrons. The van der Waals surface area contributed by atoms with E-state index in [9.17, 15) is 9.18 Å². The molecule has 6 heteroatoms. The van der Waals surface area contributed by atoms with Gasteiger partial charge in [-0.3, -0.25) is 4.79 Å². The predicted molar refractivity (Wildman–Crippen MR) is 86.7 cm³/mol. The first kappa shape index (κ1) is 15.4. The van der Waals surface area contributed by atoms with Gasteiger partial charge in [-0.15, -0.1) is 0 Å². The van der Waals surface area contributed by atoms with Gasteiger partial charge in [-0.05, 0) is 40.8 Å². The maximum atomic E-state index is 13.4. The molecule has 0 aliphatic carbocycles. The van der Waals surface area contributed by atoms with E-state index in [-0.39, 0.29) is 16.0 Å². The van der Waals surface area contributed by atoms with E-state index in [1.54, 1.807) is 6.07 Å². The number of nitrogens with zero attached hydrogens (tertiary/aromatic N) is 1.